The van der Waals surface area contributed by atoms with E-state index in [0.29, 0.717) is 16.9 Å². The summed E-state index contributed by atoms with van der Waals surface area (Å²) in [6.45, 7) is 4.73. The number of nitrogens with zero attached hydrogens (tertiary/aromatic N) is 2. The highest BCUT2D eigenvalue weighted by Crippen LogP contribution is 2.28. The fourth-order valence-corrected chi connectivity index (χ4v) is 2.99. The van der Waals surface area contributed by atoms with Gasteiger partial charge in [-0.1, -0.05) is 18.2 Å². The number of para-hydroxylation sites is 1. The minimum atomic E-state index is -1.04. The van der Waals surface area contributed by atoms with Crippen LogP contribution in [0.15, 0.2) is 41.0 Å². The number of carbonyl (C=O) groups excluding carboxylic acids is 1. The normalized spacial score (nSPS) is 17.5. The predicted octanol–water partition coefficient (Wildman–Crippen LogP) is 3.09. The fraction of sp³-hybridized carbons (Fsp3) is 0.444. The third-order valence-corrected chi connectivity index (χ3v) is 4.62. The Morgan fingerprint density at radius 3 is 2.88 bits per heavy atom. The van der Waals surface area contributed by atoms with E-state index in [1.807, 2.05) is 36.5 Å². The minimum absolute atomic E-state index is 0.101. The summed E-state index contributed by atoms with van der Waals surface area (Å²) >= 11 is 3.45. The molecule has 134 valence electrons. The lowest BCUT2D eigenvalue weighted by atomic mass is 10.1. The van der Waals surface area contributed by atoms with Crippen LogP contribution in [0.5, 0.6) is 5.88 Å². The Morgan fingerprint density at radius 2 is 2.20 bits per heavy atom. The van der Waals surface area contributed by atoms with Crippen LogP contribution in [-0.4, -0.2) is 40.5 Å². The molecule has 0 spiro atoms. The van der Waals surface area contributed by atoms with Crippen LogP contribution in [0, 0.1) is 0 Å². The summed E-state index contributed by atoms with van der Waals surface area (Å²) in [5, 5.41) is 7.33. The van der Waals surface area contributed by atoms with Crippen LogP contribution in [0.2, 0.25) is 0 Å². The van der Waals surface area contributed by atoms with Gasteiger partial charge in [0.15, 0.2) is 5.60 Å². The smallest absolute Gasteiger partial charge is 0.263 e. The molecule has 1 aromatic heterocycles. The number of ether oxygens (including phenoxy) is 2. The summed E-state index contributed by atoms with van der Waals surface area (Å²) in [4.78, 5) is 12.5. The molecule has 7 heteroatoms. The topological polar surface area (TPSA) is 65.4 Å². The van der Waals surface area contributed by atoms with Crippen LogP contribution < -0.4 is 10.1 Å². The molecule has 1 aliphatic rings. The van der Waals surface area contributed by atoms with E-state index < -0.39 is 5.60 Å². The largest absolute Gasteiger partial charge is 0.460 e. The second-order valence-corrected chi connectivity index (χ2v) is 7.37. The fourth-order valence-electron chi connectivity index (χ4n) is 2.63. The van der Waals surface area contributed by atoms with Crippen molar-refractivity contribution in [2.45, 2.75) is 38.4 Å². The van der Waals surface area contributed by atoms with Gasteiger partial charge in [0.1, 0.15) is 0 Å². The second kappa shape index (κ2) is 7.58. The lowest BCUT2D eigenvalue weighted by molar-refractivity contribution is -0.134. The Labute approximate surface area is 155 Å². The van der Waals surface area contributed by atoms with Crippen LogP contribution in [-0.2, 0) is 9.53 Å². The van der Waals surface area contributed by atoms with Crippen molar-refractivity contribution < 1.29 is 14.3 Å². The highest BCUT2D eigenvalue weighted by atomic mass is 79.9. The van der Waals surface area contributed by atoms with Gasteiger partial charge >= 0.3 is 0 Å². The molecule has 2 aromatic rings. The Bertz CT molecular complexity index is 724. The number of hydrogen-bond donors (Lipinski definition) is 1. The first-order valence-electron chi connectivity index (χ1n) is 8.35. The Kier molecular flexibility index (Phi) is 5.44. The van der Waals surface area contributed by atoms with Crippen molar-refractivity contribution in [2.24, 2.45) is 0 Å². The van der Waals surface area contributed by atoms with Crippen molar-refractivity contribution >= 4 is 21.8 Å². The molecule has 6 nitrogen and oxygen atoms in total. The minimum Gasteiger partial charge on any atom is -0.460 e. The van der Waals surface area contributed by atoms with Gasteiger partial charge in [-0.15, -0.1) is 5.10 Å². The highest BCUT2D eigenvalue weighted by molar-refractivity contribution is 9.10. The maximum absolute atomic E-state index is 12.5. The van der Waals surface area contributed by atoms with Crippen LogP contribution in [0.4, 0.5) is 0 Å². The van der Waals surface area contributed by atoms with E-state index in [4.69, 9.17) is 9.47 Å². The van der Waals surface area contributed by atoms with Gasteiger partial charge in [0.05, 0.1) is 16.3 Å². The number of rotatable bonds is 6. The third-order valence-electron chi connectivity index (χ3n) is 4.07. The van der Waals surface area contributed by atoms with E-state index in [2.05, 4.69) is 26.3 Å². The number of aromatic nitrogens is 2. The van der Waals surface area contributed by atoms with Crippen molar-refractivity contribution in [3.05, 3.63) is 41.0 Å². The van der Waals surface area contributed by atoms with Gasteiger partial charge in [0.2, 0.25) is 5.88 Å². The molecule has 1 N–H and O–H groups in total. The lowest BCUT2D eigenvalue weighted by Gasteiger charge is -2.25. The molecule has 0 saturated carbocycles. The Hall–Kier alpha value is -1.86. The molecule has 1 aromatic carbocycles. The first-order valence-corrected chi connectivity index (χ1v) is 9.14. The van der Waals surface area contributed by atoms with E-state index in [-0.39, 0.29) is 12.0 Å². The monoisotopic (exact) mass is 407 g/mol. The molecule has 1 fully saturated rings. The van der Waals surface area contributed by atoms with E-state index in [0.717, 1.165) is 25.1 Å². The van der Waals surface area contributed by atoms with Gasteiger partial charge in [-0.2, -0.15) is 0 Å². The zero-order chi connectivity index (χ0) is 17.9. The van der Waals surface area contributed by atoms with Gasteiger partial charge in [0, 0.05) is 19.3 Å². The van der Waals surface area contributed by atoms with Gasteiger partial charge in [-0.3, -0.25) is 4.79 Å². The zero-order valence-electron chi connectivity index (χ0n) is 14.4. The van der Waals surface area contributed by atoms with E-state index in [1.165, 1.54) is 0 Å². The highest BCUT2D eigenvalue weighted by Gasteiger charge is 2.32. The molecule has 25 heavy (non-hydrogen) atoms. The van der Waals surface area contributed by atoms with Gasteiger partial charge in [0.25, 0.3) is 5.91 Å². The van der Waals surface area contributed by atoms with E-state index in [1.54, 1.807) is 18.5 Å². The molecule has 1 atom stereocenters. The average molecular weight is 408 g/mol. The van der Waals surface area contributed by atoms with Crippen molar-refractivity contribution in [1.29, 1.82) is 0 Å². The maximum atomic E-state index is 12.5. The molecule has 0 aliphatic carbocycles. The van der Waals surface area contributed by atoms with Gasteiger partial charge in [-0.05, 0) is 54.8 Å². The third kappa shape index (κ3) is 4.41. The lowest BCUT2D eigenvalue weighted by Crippen LogP contribution is -2.48. The van der Waals surface area contributed by atoms with Crippen molar-refractivity contribution in [2.75, 3.05) is 13.2 Å². The van der Waals surface area contributed by atoms with Crippen LogP contribution in [0.25, 0.3) is 5.69 Å². The quantitative estimate of drug-likeness (QED) is 0.798. The number of nitrogens with one attached hydrogen (secondary N) is 1. The molecule has 0 radical (unpaired) electrons. The summed E-state index contributed by atoms with van der Waals surface area (Å²) in [6, 6.07) is 9.72. The van der Waals surface area contributed by atoms with Gasteiger partial charge in [-0.25, -0.2) is 4.68 Å². The molecule has 0 unspecified atom stereocenters. The summed E-state index contributed by atoms with van der Waals surface area (Å²) in [6.07, 6.45) is 3.94. The van der Waals surface area contributed by atoms with E-state index >= 15 is 0 Å². The summed E-state index contributed by atoms with van der Waals surface area (Å²) in [5.74, 6) is 0.185. The summed E-state index contributed by atoms with van der Waals surface area (Å²) < 4.78 is 13.8. The SMILES string of the molecule is CC(C)(Oc1nn(-c2ccccc2)cc1Br)C(=O)NC[C@H]1CCCO1. The number of hydrogen-bond acceptors (Lipinski definition) is 4. The average Bonchev–Trinajstić information content (AvgIpc) is 3.23. The van der Waals surface area contributed by atoms with Crippen molar-refractivity contribution in [1.82, 2.24) is 15.1 Å². The molecule has 1 aliphatic heterocycles. The predicted molar refractivity (Wildman–Crippen MR) is 98.0 cm³/mol. The van der Waals surface area contributed by atoms with Gasteiger partial charge < -0.3 is 14.8 Å². The standard InChI is InChI=1S/C18H22BrN3O3/c1-18(2,17(23)20-11-14-9-6-10-24-14)25-16-15(19)12-22(21-16)13-7-4-3-5-8-13/h3-5,7-8,12,14H,6,9-11H2,1-2H3,(H,20,23)/t14-/m1/s1. The molecule has 0 bridgehead atoms. The maximum Gasteiger partial charge on any atom is 0.263 e. The molecular weight excluding hydrogens is 386 g/mol. The molecule has 1 amide bonds. The van der Waals surface area contributed by atoms with Crippen molar-refractivity contribution in [3.8, 4) is 11.6 Å². The molecule has 3 rings (SSSR count). The van der Waals surface area contributed by atoms with Crippen LogP contribution in [0.3, 0.4) is 0 Å². The number of benzene rings is 1. The van der Waals surface area contributed by atoms with Crippen molar-refractivity contribution in [3.63, 3.8) is 0 Å². The first-order chi connectivity index (χ1) is 12.0. The molecule has 2 heterocycles. The second-order valence-electron chi connectivity index (χ2n) is 6.52. The number of amides is 1. The summed E-state index contributed by atoms with van der Waals surface area (Å²) in [5.41, 5.74) is -0.129. The number of carbonyl (C=O) groups is 1. The molecule has 1 saturated heterocycles. The van der Waals surface area contributed by atoms with E-state index in [9.17, 15) is 4.79 Å². The summed E-state index contributed by atoms with van der Waals surface area (Å²) in [7, 11) is 0. The van der Waals surface area contributed by atoms with Crippen LogP contribution in [0.1, 0.15) is 26.7 Å². The Morgan fingerprint density at radius 1 is 1.44 bits per heavy atom. The van der Waals surface area contributed by atoms with Crippen LogP contribution >= 0.6 is 15.9 Å². The zero-order valence-corrected chi connectivity index (χ0v) is 16.0. The Balaban J connectivity index is 1.65. The first kappa shape index (κ1) is 17.9. The number of halogens is 1. The molecular formula is C18H22BrN3O3.